The van der Waals surface area contributed by atoms with E-state index in [-0.39, 0.29) is 17.5 Å². The highest BCUT2D eigenvalue weighted by Crippen LogP contribution is 2.20. The molecular formula is C16H14N4O3. The Morgan fingerprint density at radius 3 is 2.74 bits per heavy atom. The number of carbonyl (C=O) groups excluding carboxylic acids is 1. The number of nitriles is 1. The molecule has 0 saturated carbocycles. The average molecular weight is 310 g/mol. The van der Waals surface area contributed by atoms with Crippen molar-refractivity contribution < 1.29 is 13.9 Å². The summed E-state index contributed by atoms with van der Waals surface area (Å²) in [6, 6.07) is 8.59. The van der Waals surface area contributed by atoms with Gasteiger partial charge in [-0.05, 0) is 24.6 Å². The Bertz CT molecular complexity index is 798. The van der Waals surface area contributed by atoms with Gasteiger partial charge < -0.3 is 9.15 Å². The number of benzene rings is 1. The summed E-state index contributed by atoms with van der Waals surface area (Å²) in [6.45, 7) is 5.43. The molecule has 1 N–H and O–H groups in total. The van der Waals surface area contributed by atoms with Crippen LogP contribution in [0.1, 0.15) is 34.4 Å². The topological polar surface area (TPSA) is 101 Å². The summed E-state index contributed by atoms with van der Waals surface area (Å²) in [5.41, 5.74) is 4.53. The summed E-state index contributed by atoms with van der Waals surface area (Å²) in [7, 11) is 1.32. The second kappa shape index (κ2) is 7.04. The van der Waals surface area contributed by atoms with Crippen LogP contribution < -0.4 is 5.43 Å². The molecule has 0 amide bonds. The molecule has 1 aromatic carbocycles. The lowest BCUT2D eigenvalue weighted by atomic mass is 10.1. The van der Waals surface area contributed by atoms with Crippen LogP contribution in [-0.4, -0.2) is 24.3 Å². The van der Waals surface area contributed by atoms with Crippen molar-refractivity contribution in [3.8, 4) is 6.07 Å². The molecule has 7 heteroatoms. The molecular weight excluding hydrogens is 296 g/mol. The number of oxazole rings is 1. The maximum atomic E-state index is 11.3. The van der Waals surface area contributed by atoms with Gasteiger partial charge in [-0.3, -0.25) is 0 Å². The Hall–Kier alpha value is -3.40. The number of esters is 1. The van der Waals surface area contributed by atoms with Crippen molar-refractivity contribution in [2.24, 2.45) is 5.10 Å². The van der Waals surface area contributed by atoms with Gasteiger partial charge in [-0.25, -0.2) is 10.2 Å². The van der Waals surface area contributed by atoms with E-state index in [9.17, 15) is 4.79 Å². The third-order valence-electron chi connectivity index (χ3n) is 2.81. The monoisotopic (exact) mass is 310 g/mol. The van der Waals surface area contributed by atoms with Crippen molar-refractivity contribution in [3.05, 3.63) is 53.6 Å². The highest BCUT2D eigenvalue weighted by molar-refractivity contribution is 5.90. The third kappa shape index (κ3) is 3.83. The number of methoxy groups -OCH3 is 1. The van der Waals surface area contributed by atoms with Gasteiger partial charge in [-0.1, -0.05) is 18.7 Å². The maximum Gasteiger partial charge on any atom is 0.337 e. The quantitative estimate of drug-likeness (QED) is 0.518. The van der Waals surface area contributed by atoms with E-state index in [2.05, 4.69) is 26.8 Å². The summed E-state index contributed by atoms with van der Waals surface area (Å²) < 4.78 is 9.97. The average Bonchev–Trinajstić information content (AvgIpc) is 2.98. The molecule has 1 heterocycles. The van der Waals surface area contributed by atoms with Gasteiger partial charge in [0, 0.05) is 5.57 Å². The molecule has 0 unspecified atom stereocenters. The second-order valence-electron chi connectivity index (χ2n) is 4.57. The minimum Gasteiger partial charge on any atom is -0.465 e. The molecule has 0 atom stereocenters. The minimum atomic E-state index is -0.403. The molecule has 7 nitrogen and oxygen atoms in total. The Labute approximate surface area is 132 Å². The number of carbonyl (C=O) groups is 1. The van der Waals surface area contributed by atoms with Crippen LogP contribution in [0.25, 0.3) is 5.57 Å². The van der Waals surface area contributed by atoms with Gasteiger partial charge in [-0.2, -0.15) is 15.3 Å². The van der Waals surface area contributed by atoms with E-state index in [0.29, 0.717) is 11.1 Å². The first-order chi connectivity index (χ1) is 11.0. The molecule has 116 valence electrons. The van der Waals surface area contributed by atoms with E-state index in [4.69, 9.17) is 9.68 Å². The summed E-state index contributed by atoms with van der Waals surface area (Å²) in [6.07, 6.45) is 1.52. The van der Waals surface area contributed by atoms with Crippen LogP contribution in [0.3, 0.4) is 0 Å². The zero-order valence-corrected chi connectivity index (χ0v) is 12.7. The Morgan fingerprint density at radius 1 is 1.48 bits per heavy atom. The molecule has 0 aliphatic rings. The van der Waals surface area contributed by atoms with Gasteiger partial charge in [0.25, 0.3) is 5.88 Å². The molecule has 1 aromatic heterocycles. The molecule has 2 rings (SSSR count). The first-order valence-electron chi connectivity index (χ1n) is 6.59. The van der Waals surface area contributed by atoms with E-state index in [1.54, 1.807) is 31.2 Å². The molecule has 23 heavy (non-hydrogen) atoms. The smallest absolute Gasteiger partial charge is 0.337 e. The van der Waals surface area contributed by atoms with Crippen LogP contribution in [0.4, 0.5) is 5.88 Å². The van der Waals surface area contributed by atoms with Crippen LogP contribution in [0.5, 0.6) is 0 Å². The summed E-state index contributed by atoms with van der Waals surface area (Å²) in [5, 5.41) is 13.0. The molecule has 0 radical (unpaired) electrons. The second-order valence-corrected chi connectivity index (χ2v) is 4.57. The van der Waals surface area contributed by atoms with E-state index in [1.807, 2.05) is 6.07 Å². The predicted octanol–water partition coefficient (Wildman–Crippen LogP) is 2.81. The fourth-order valence-electron chi connectivity index (χ4n) is 1.64. The van der Waals surface area contributed by atoms with Gasteiger partial charge in [0.15, 0.2) is 0 Å². The van der Waals surface area contributed by atoms with Crippen LogP contribution in [0, 0.1) is 11.3 Å². The lowest BCUT2D eigenvalue weighted by Gasteiger charge is -1.99. The van der Waals surface area contributed by atoms with Gasteiger partial charge in [0.1, 0.15) is 6.07 Å². The van der Waals surface area contributed by atoms with Crippen molar-refractivity contribution in [3.63, 3.8) is 0 Å². The van der Waals surface area contributed by atoms with E-state index in [0.717, 1.165) is 5.56 Å². The number of nitrogens with zero attached hydrogens (tertiary/aromatic N) is 3. The molecule has 0 aliphatic heterocycles. The molecule has 2 aromatic rings. The maximum absolute atomic E-state index is 11.3. The van der Waals surface area contributed by atoms with Gasteiger partial charge in [-0.15, -0.1) is 0 Å². The summed E-state index contributed by atoms with van der Waals surface area (Å²) in [4.78, 5) is 15.3. The number of allylic oxidation sites excluding steroid dienone is 1. The zero-order chi connectivity index (χ0) is 16.8. The number of rotatable bonds is 5. The fraction of sp³-hybridized carbons (Fsp3) is 0.125. The van der Waals surface area contributed by atoms with Crippen LogP contribution in [0.2, 0.25) is 0 Å². The van der Waals surface area contributed by atoms with Gasteiger partial charge in [0.05, 0.1) is 18.9 Å². The normalized spacial score (nSPS) is 10.3. The van der Waals surface area contributed by atoms with E-state index < -0.39 is 5.97 Å². The molecule has 0 saturated heterocycles. The number of anilines is 1. The lowest BCUT2D eigenvalue weighted by molar-refractivity contribution is 0.0600. The van der Waals surface area contributed by atoms with Crippen LogP contribution in [-0.2, 0) is 4.74 Å². The summed E-state index contributed by atoms with van der Waals surface area (Å²) in [5.74, 6) is 0.0221. The Morgan fingerprint density at radius 2 is 2.17 bits per heavy atom. The Kier molecular flexibility index (Phi) is 4.89. The first kappa shape index (κ1) is 16.0. The SMILES string of the molecule is C=C(C)c1nc(C#N)c(N/N=C\c2ccc(C(=O)OC)cc2)o1. The fourth-order valence-corrected chi connectivity index (χ4v) is 1.64. The largest absolute Gasteiger partial charge is 0.465 e. The zero-order valence-electron chi connectivity index (χ0n) is 12.7. The number of hydrogen-bond acceptors (Lipinski definition) is 7. The van der Waals surface area contributed by atoms with Crippen molar-refractivity contribution in [2.75, 3.05) is 12.5 Å². The van der Waals surface area contributed by atoms with Crippen LogP contribution >= 0.6 is 0 Å². The number of aromatic nitrogens is 1. The number of hydrazone groups is 1. The summed E-state index contributed by atoms with van der Waals surface area (Å²) >= 11 is 0. The highest BCUT2D eigenvalue weighted by atomic mass is 16.5. The first-order valence-corrected chi connectivity index (χ1v) is 6.59. The Balaban J connectivity index is 2.09. The minimum absolute atomic E-state index is 0.0983. The van der Waals surface area contributed by atoms with Crippen molar-refractivity contribution in [1.82, 2.24) is 4.98 Å². The van der Waals surface area contributed by atoms with Crippen molar-refractivity contribution in [1.29, 1.82) is 5.26 Å². The number of nitrogens with one attached hydrogen (secondary N) is 1. The molecule has 0 spiro atoms. The van der Waals surface area contributed by atoms with E-state index in [1.165, 1.54) is 13.3 Å². The molecule has 0 fully saturated rings. The lowest BCUT2D eigenvalue weighted by Crippen LogP contribution is -2.00. The number of hydrogen-bond donors (Lipinski definition) is 1. The van der Waals surface area contributed by atoms with E-state index >= 15 is 0 Å². The highest BCUT2D eigenvalue weighted by Gasteiger charge is 2.12. The predicted molar refractivity (Wildman–Crippen MR) is 84.9 cm³/mol. The van der Waals surface area contributed by atoms with Gasteiger partial charge >= 0.3 is 5.97 Å². The van der Waals surface area contributed by atoms with Crippen molar-refractivity contribution >= 4 is 23.6 Å². The molecule has 0 bridgehead atoms. The number of ether oxygens (including phenoxy) is 1. The van der Waals surface area contributed by atoms with Gasteiger partial charge in [0.2, 0.25) is 11.6 Å². The third-order valence-corrected chi connectivity index (χ3v) is 2.81. The molecule has 0 aliphatic carbocycles. The van der Waals surface area contributed by atoms with Crippen LogP contribution in [0.15, 0.2) is 40.4 Å². The van der Waals surface area contributed by atoms with Crippen molar-refractivity contribution in [2.45, 2.75) is 6.92 Å². The standard InChI is InChI=1S/C16H14N4O3/c1-10(2)14-19-13(8-17)15(23-14)20-18-9-11-4-6-12(7-5-11)16(21)22-3/h4-7,9,20H,1H2,2-3H3/b18-9-.